The second kappa shape index (κ2) is 9.85. The van der Waals surface area contributed by atoms with Gasteiger partial charge in [0.15, 0.2) is 12.0 Å². The van der Waals surface area contributed by atoms with Crippen molar-refractivity contribution >= 4 is 36.3 Å². The Balaban J connectivity index is 1.74. The van der Waals surface area contributed by atoms with Crippen LogP contribution in [0.3, 0.4) is 0 Å². The highest BCUT2D eigenvalue weighted by Gasteiger charge is 2.29. The zero-order valence-electron chi connectivity index (χ0n) is 20.6. The number of alkyl halides is 1. The molecule has 0 fully saturated rings. The predicted octanol–water partition coefficient (Wildman–Crippen LogP) is 3.99. The number of nitrogens with zero attached hydrogens (tertiary/aromatic N) is 4. The number of aromatic nitrogens is 4. The fourth-order valence-electron chi connectivity index (χ4n) is 4.12. The first-order chi connectivity index (χ1) is 17.0. The van der Waals surface area contributed by atoms with E-state index in [1.165, 1.54) is 18.5 Å². The summed E-state index contributed by atoms with van der Waals surface area (Å²) in [6, 6.07) is 9.93. The van der Waals surface area contributed by atoms with E-state index >= 15 is 0 Å². The number of hydrogen-bond acceptors (Lipinski definition) is 5. The van der Waals surface area contributed by atoms with E-state index in [9.17, 15) is 13.6 Å². The number of hydrogen-bond donors (Lipinski definition) is 1. The average molecular weight is 512 g/mol. The monoisotopic (exact) mass is 511 g/mol. The van der Waals surface area contributed by atoms with Gasteiger partial charge < -0.3 is 10.1 Å². The molecule has 0 spiro atoms. The van der Waals surface area contributed by atoms with Gasteiger partial charge in [-0.05, 0) is 50.6 Å². The van der Waals surface area contributed by atoms with Crippen LogP contribution in [0.4, 0.5) is 8.78 Å². The maximum absolute atomic E-state index is 14.3. The van der Waals surface area contributed by atoms with Crippen molar-refractivity contribution in [3.63, 3.8) is 0 Å². The lowest BCUT2D eigenvalue weighted by atomic mass is 9.72. The quantitative estimate of drug-likeness (QED) is 0.380. The van der Waals surface area contributed by atoms with Crippen LogP contribution in [0.2, 0.25) is 5.02 Å². The van der Waals surface area contributed by atoms with E-state index in [4.69, 9.17) is 16.3 Å². The third-order valence-electron chi connectivity index (χ3n) is 5.89. The summed E-state index contributed by atoms with van der Waals surface area (Å²) < 4.78 is 35.7. The Kier molecular flexibility index (Phi) is 7.00. The third kappa shape index (κ3) is 5.04. The molecular weight excluding hydrogens is 487 g/mol. The number of pyridine rings is 1. The summed E-state index contributed by atoms with van der Waals surface area (Å²) in [7, 11) is 3.46. The van der Waals surface area contributed by atoms with Crippen molar-refractivity contribution in [2.75, 3.05) is 0 Å². The van der Waals surface area contributed by atoms with Crippen molar-refractivity contribution in [1.82, 2.24) is 25.1 Å². The maximum Gasteiger partial charge on any atom is 0.254 e. The standard InChI is InChI=1S/C25H25BClF2N5O2/c1-13-8-17(23-30-12-31-34(23)4)16-6-5-7-21(22(16)32-13)36-11-18-19(9-15(29)10-20(18)27)25(3,26)33-24(35)14(2)28/h5-10,12,14H,11,26H2,1-4H3,(H,33,35)/t14?,25-/m0/s1. The van der Waals surface area contributed by atoms with Crippen molar-refractivity contribution in [1.29, 1.82) is 0 Å². The molecule has 7 nitrogen and oxygen atoms in total. The number of halogens is 3. The predicted molar refractivity (Wildman–Crippen MR) is 137 cm³/mol. The zero-order chi connectivity index (χ0) is 26.2. The second-order valence-corrected chi connectivity index (χ2v) is 9.51. The molecule has 0 aliphatic carbocycles. The van der Waals surface area contributed by atoms with Gasteiger partial charge in [-0.2, -0.15) is 5.10 Å². The first-order valence-electron chi connectivity index (χ1n) is 11.3. The van der Waals surface area contributed by atoms with E-state index < -0.39 is 23.3 Å². The van der Waals surface area contributed by atoms with E-state index in [-0.39, 0.29) is 11.6 Å². The van der Waals surface area contributed by atoms with Crippen molar-refractivity contribution in [3.05, 3.63) is 70.4 Å². The highest BCUT2D eigenvalue weighted by Crippen LogP contribution is 2.34. The lowest BCUT2D eigenvalue weighted by Gasteiger charge is -2.30. The molecule has 0 aliphatic rings. The molecule has 2 heterocycles. The van der Waals surface area contributed by atoms with Crippen LogP contribution < -0.4 is 10.1 Å². The first-order valence-corrected chi connectivity index (χ1v) is 11.7. The highest BCUT2D eigenvalue weighted by atomic mass is 35.5. The Bertz CT molecular complexity index is 1460. The summed E-state index contributed by atoms with van der Waals surface area (Å²) >= 11 is 6.42. The Labute approximate surface area is 213 Å². The topological polar surface area (TPSA) is 81.9 Å². The number of aryl methyl sites for hydroxylation is 2. The number of ether oxygens (including phenoxy) is 1. The number of carbonyl (C=O) groups is 1. The number of benzene rings is 2. The van der Waals surface area contributed by atoms with E-state index in [2.05, 4.69) is 20.4 Å². The van der Waals surface area contributed by atoms with Crippen molar-refractivity contribution < 1.29 is 18.3 Å². The van der Waals surface area contributed by atoms with Gasteiger partial charge in [0, 0.05) is 34.7 Å². The van der Waals surface area contributed by atoms with Gasteiger partial charge in [0.05, 0.1) is 5.02 Å². The molecule has 1 N–H and O–H groups in total. The van der Waals surface area contributed by atoms with Crippen LogP contribution in [0, 0.1) is 12.7 Å². The van der Waals surface area contributed by atoms with E-state index in [1.54, 1.807) is 25.5 Å². The molecule has 2 aromatic carbocycles. The third-order valence-corrected chi connectivity index (χ3v) is 6.22. The lowest BCUT2D eigenvalue weighted by molar-refractivity contribution is -0.126. The minimum atomic E-state index is -1.72. The summed E-state index contributed by atoms with van der Waals surface area (Å²) in [6.07, 6.45) is -0.236. The molecule has 4 aromatic rings. The van der Waals surface area contributed by atoms with Crippen molar-refractivity contribution in [2.24, 2.45) is 7.05 Å². The molecule has 36 heavy (non-hydrogen) atoms. The molecule has 0 aliphatic heterocycles. The number of nitrogens with one attached hydrogen (secondary N) is 1. The minimum Gasteiger partial charge on any atom is -0.487 e. The SMILES string of the molecule is B[C@@](C)(NC(=O)C(C)F)c1cc(F)cc(Cl)c1COc1cccc2c(-c3ncnn3C)cc(C)nc12. The van der Waals surface area contributed by atoms with Crippen LogP contribution in [0.15, 0.2) is 42.7 Å². The number of rotatable bonds is 7. The van der Waals surface area contributed by atoms with E-state index in [0.29, 0.717) is 28.2 Å². The number of amides is 1. The van der Waals surface area contributed by atoms with Gasteiger partial charge in [-0.1, -0.05) is 23.7 Å². The summed E-state index contributed by atoms with van der Waals surface area (Å²) in [4.78, 5) is 21.1. The van der Waals surface area contributed by atoms with Crippen LogP contribution >= 0.6 is 11.6 Å². The van der Waals surface area contributed by atoms with Crippen LogP contribution in [-0.4, -0.2) is 39.7 Å². The minimum absolute atomic E-state index is 0.0348. The number of carbonyl (C=O) groups excluding carboxylic acids is 1. The zero-order valence-corrected chi connectivity index (χ0v) is 21.3. The molecule has 11 heteroatoms. The maximum atomic E-state index is 14.3. The van der Waals surface area contributed by atoms with Crippen LogP contribution in [-0.2, 0) is 23.9 Å². The molecule has 1 unspecified atom stereocenters. The van der Waals surface area contributed by atoms with Gasteiger partial charge in [-0.25, -0.2) is 23.4 Å². The molecule has 0 saturated heterocycles. The van der Waals surface area contributed by atoms with Crippen molar-refractivity contribution in [2.45, 2.75) is 39.0 Å². The molecule has 2 atom stereocenters. The van der Waals surface area contributed by atoms with Gasteiger partial charge in [-0.15, -0.1) is 0 Å². The van der Waals surface area contributed by atoms with Gasteiger partial charge in [-0.3, -0.25) is 4.79 Å². The summed E-state index contributed by atoms with van der Waals surface area (Å²) in [5, 5.41) is 7.72. The summed E-state index contributed by atoms with van der Waals surface area (Å²) in [5.74, 6) is -0.210. The van der Waals surface area contributed by atoms with Gasteiger partial charge in [0.2, 0.25) is 0 Å². The fraction of sp³-hybridized carbons (Fsp3) is 0.280. The molecule has 1 amide bonds. The summed E-state index contributed by atoms with van der Waals surface area (Å²) in [6.45, 7) is 4.63. The average Bonchev–Trinajstić information content (AvgIpc) is 3.22. The molecule has 4 rings (SSSR count). The van der Waals surface area contributed by atoms with Gasteiger partial charge in [0.1, 0.15) is 37.9 Å². The molecule has 2 aromatic heterocycles. The molecular formula is C25H25BClF2N5O2. The van der Waals surface area contributed by atoms with Crippen LogP contribution in [0.1, 0.15) is 30.7 Å². The Morgan fingerprint density at radius 2 is 2.08 bits per heavy atom. The van der Waals surface area contributed by atoms with Crippen molar-refractivity contribution in [3.8, 4) is 17.1 Å². The van der Waals surface area contributed by atoms with Crippen LogP contribution in [0.5, 0.6) is 5.75 Å². The summed E-state index contributed by atoms with van der Waals surface area (Å²) in [5.41, 5.74) is 1.97. The first kappa shape index (κ1) is 25.6. The second-order valence-electron chi connectivity index (χ2n) is 9.10. The number of fused-ring (bicyclic) bond motifs is 1. The van der Waals surface area contributed by atoms with Crippen LogP contribution in [0.25, 0.3) is 22.3 Å². The Morgan fingerprint density at radius 3 is 2.75 bits per heavy atom. The number of para-hydroxylation sites is 1. The fourth-order valence-corrected chi connectivity index (χ4v) is 4.38. The normalized spacial score (nSPS) is 13.9. The van der Waals surface area contributed by atoms with E-state index in [0.717, 1.165) is 23.6 Å². The molecule has 0 saturated carbocycles. The van der Waals surface area contributed by atoms with Gasteiger partial charge in [0.25, 0.3) is 5.91 Å². The smallest absolute Gasteiger partial charge is 0.254 e. The largest absolute Gasteiger partial charge is 0.487 e. The Hall–Kier alpha value is -3.53. The molecule has 186 valence electrons. The molecule has 0 bridgehead atoms. The Morgan fingerprint density at radius 1 is 1.33 bits per heavy atom. The highest BCUT2D eigenvalue weighted by molar-refractivity contribution is 6.31. The van der Waals surface area contributed by atoms with E-state index in [1.807, 2.05) is 32.2 Å². The lowest BCUT2D eigenvalue weighted by Crippen LogP contribution is -2.47. The van der Waals surface area contributed by atoms with Gasteiger partial charge >= 0.3 is 0 Å². The molecule has 0 radical (unpaired) electrons.